The predicted molar refractivity (Wildman–Crippen MR) is 240 cm³/mol. The number of furan rings is 1. The van der Waals surface area contributed by atoms with Crippen LogP contribution < -0.4 is 0 Å². The number of para-hydroxylation sites is 1. The Morgan fingerprint density at radius 3 is 1.60 bits per heavy atom. The Hall–Kier alpha value is -6.99. The minimum absolute atomic E-state index is 0.661. The van der Waals surface area contributed by atoms with E-state index < -0.39 is 0 Å². The van der Waals surface area contributed by atoms with Crippen LogP contribution in [0.3, 0.4) is 0 Å². The zero-order valence-electron chi connectivity index (χ0n) is 30.3. The molecule has 0 unspecified atom stereocenters. The highest BCUT2D eigenvalue weighted by atomic mass is 32.1. The second kappa shape index (κ2) is 12.8. The molecule has 0 fully saturated rings. The molecule has 0 aliphatic heterocycles. The fourth-order valence-corrected chi connectivity index (χ4v) is 10.5. The average molecular weight is 764 g/mol. The fourth-order valence-electron chi connectivity index (χ4n) is 8.18. The summed E-state index contributed by atoms with van der Waals surface area (Å²) in [5.41, 5.74) is 9.52. The van der Waals surface area contributed by atoms with E-state index in [2.05, 4.69) is 103 Å². The molecule has 6 heteroatoms. The maximum atomic E-state index is 6.22. The highest BCUT2D eigenvalue weighted by Gasteiger charge is 2.18. The topological polar surface area (TPSA) is 51.8 Å². The van der Waals surface area contributed by atoms with Crippen LogP contribution in [0.1, 0.15) is 0 Å². The van der Waals surface area contributed by atoms with E-state index in [-0.39, 0.29) is 0 Å². The van der Waals surface area contributed by atoms with E-state index in [1.807, 2.05) is 95.5 Å². The van der Waals surface area contributed by atoms with Crippen LogP contribution in [0.4, 0.5) is 0 Å². The third-order valence-corrected chi connectivity index (χ3v) is 13.2. The summed E-state index contributed by atoms with van der Waals surface area (Å²) in [5.74, 6) is 1.98. The molecule has 0 N–H and O–H groups in total. The van der Waals surface area contributed by atoms with Crippen molar-refractivity contribution in [2.24, 2.45) is 0 Å². The molecule has 12 rings (SSSR count). The molecule has 0 aliphatic carbocycles. The maximum Gasteiger partial charge on any atom is 0.164 e. The lowest BCUT2D eigenvalue weighted by molar-refractivity contribution is 0.669. The van der Waals surface area contributed by atoms with Gasteiger partial charge in [-0.3, -0.25) is 0 Å². The zero-order valence-corrected chi connectivity index (χ0v) is 31.9. The molecular weight excluding hydrogens is 735 g/mol. The molecule has 0 amide bonds. The van der Waals surface area contributed by atoms with Crippen molar-refractivity contribution >= 4 is 85.0 Å². The Labute approximate surface area is 335 Å². The van der Waals surface area contributed by atoms with Crippen LogP contribution in [0.5, 0.6) is 0 Å². The predicted octanol–water partition coefficient (Wildman–Crippen LogP) is 14.8. The molecule has 0 radical (unpaired) electrons. The monoisotopic (exact) mass is 763 g/mol. The Bertz CT molecular complexity index is 3470. The van der Waals surface area contributed by atoms with Crippen LogP contribution in [-0.2, 0) is 0 Å². The Kier molecular flexibility index (Phi) is 7.24. The molecule has 0 atom stereocenters. The minimum atomic E-state index is 0.661. The molecule has 4 nitrogen and oxygen atoms in total. The van der Waals surface area contributed by atoms with Crippen LogP contribution in [-0.4, -0.2) is 15.0 Å². The van der Waals surface area contributed by atoms with Gasteiger partial charge in [0.15, 0.2) is 17.5 Å². The van der Waals surface area contributed by atoms with E-state index in [1.165, 1.54) is 62.6 Å². The van der Waals surface area contributed by atoms with Gasteiger partial charge in [-0.1, -0.05) is 127 Å². The van der Waals surface area contributed by atoms with Crippen molar-refractivity contribution in [3.8, 4) is 56.4 Å². The van der Waals surface area contributed by atoms with Crippen molar-refractivity contribution in [3.05, 3.63) is 176 Å². The lowest BCUT2D eigenvalue weighted by atomic mass is 9.93. The van der Waals surface area contributed by atoms with Gasteiger partial charge in [-0.25, -0.2) is 15.0 Å². The van der Waals surface area contributed by atoms with Crippen LogP contribution >= 0.6 is 22.7 Å². The first-order chi connectivity index (χ1) is 28.2. The quantitative estimate of drug-likeness (QED) is 0.175. The molecule has 0 saturated carbocycles. The number of rotatable bonds is 5. The number of hydrogen-bond acceptors (Lipinski definition) is 6. The number of aromatic nitrogens is 3. The second-order valence-electron chi connectivity index (χ2n) is 14.4. The standard InChI is InChI=1S/C51H29N3OS2/c1-3-11-30(12-4-1)49-52-50(31-13-5-2-6-14-31)54-51(53-49)34-20-23-38-37-22-19-32(27-45(37)57-46(38)28-34)35-26-40(48-39-16-8-10-18-44(39)56-47(48)29-35)33-21-24-43-41(25-33)36-15-7-9-17-42(36)55-43/h1-29H. The van der Waals surface area contributed by atoms with Gasteiger partial charge in [0, 0.05) is 67.8 Å². The van der Waals surface area contributed by atoms with Crippen molar-refractivity contribution in [2.45, 2.75) is 0 Å². The van der Waals surface area contributed by atoms with Gasteiger partial charge in [0.1, 0.15) is 11.2 Å². The molecule has 0 spiro atoms. The van der Waals surface area contributed by atoms with Crippen molar-refractivity contribution in [1.29, 1.82) is 0 Å². The first kappa shape index (κ1) is 32.3. The van der Waals surface area contributed by atoms with Crippen molar-refractivity contribution in [2.75, 3.05) is 0 Å². The third-order valence-electron chi connectivity index (χ3n) is 10.9. The second-order valence-corrected chi connectivity index (χ2v) is 16.5. The molecule has 4 aromatic heterocycles. The summed E-state index contributed by atoms with van der Waals surface area (Å²) in [7, 11) is 0. The van der Waals surface area contributed by atoms with Gasteiger partial charge < -0.3 is 4.42 Å². The SMILES string of the molecule is c1ccc(-c2nc(-c3ccccc3)nc(-c3ccc4c(c3)sc3cc(-c5cc(-c6ccc7oc8ccccc8c7c6)c6c(c5)sc5ccccc56)ccc34)n2)cc1. The summed E-state index contributed by atoms with van der Waals surface area (Å²) in [4.78, 5) is 14.9. The fraction of sp³-hybridized carbons (Fsp3) is 0. The van der Waals surface area contributed by atoms with Gasteiger partial charge in [-0.2, -0.15) is 0 Å². The van der Waals surface area contributed by atoms with Gasteiger partial charge in [0.05, 0.1) is 0 Å². The number of benzene rings is 8. The van der Waals surface area contributed by atoms with E-state index in [1.54, 1.807) is 0 Å². The number of hydrogen-bond donors (Lipinski definition) is 0. The van der Waals surface area contributed by atoms with Crippen molar-refractivity contribution in [1.82, 2.24) is 15.0 Å². The molecule has 0 bridgehead atoms. The Morgan fingerprint density at radius 2 is 0.860 bits per heavy atom. The number of thiophene rings is 2. The molecule has 0 aliphatic rings. The van der Waals surface area contributed by atoms with Gasteiger partial charge >= 0.3 is 0 Å². The van der Waals surface area contributed by atoms with Gasteiger partial charge in [-0.05, 0) is 70.8 Å². The van der Waals surface area contributed by atoms with E-state index >= 15 is 0 Å². The van der Waals surface area contributed by atoms with Crippen molar-refractivity contribution < 1.29 is 4.42 Å². The Morgan fingerprint density at radius 1 is 0.316 bits per heavy atom. The van der Waals surface area contributed by atoms with E-state index in [4.69, 9.17) is 19.4 Å². The van der Waals surface area contributed by atoms with Crippen molar-refractivity contribution in [3.63, 3.8) is 0 Å². The molecule has 57 heavy (non-hydrogen) atoms. The van der Waals surface area contributed by atoms with Gasteiger partial charge in [0.2, 0.25) is 0 Å². The third kappa shape index (κ3) is 5.37. The summed E-state index contributed by atoms with van der Waals surface area (Å²) >= 11 is 3.67. The summed E-state index contributed by atoms with van der Waals surface area (Å²) < 4.78 is 11.2. The minimum Gasteiger partial charge on any atom is -0.456 e. The zero-order chi connectivity index (χ0) is 37.5. The van der Waals surface area contributed by atoms with Gasteiger partial charge in [-0.15, -0.1) is 22.7 Å². The number of nitrogens with zero attached hydrogens (tertiary/aromatic N) is 3. The normalized spacial score (nSPS) is 11.9. The van der Waals surface area contributed by atoms with Crippen LogP contribution in [0.2, 0.25) is 0 Å². The van der Waals surface area contributed by atoms with Crippen LogP contribution in [0.15, 0.2) is 180 Å². The van der Waals surface area contributed by atoms with E-state index in [0.717, 1.165) is 38.6 Å². The first-order valence-electron chi connectivity index (χ1n) is 18.9. The maximum absolute atomic E-state index is 6.22. The van der Waals surface area contributed by atoms with E-state index in [9.17, 15) is 0 Å². The molecule has 8 aromatic carbocycles. The van der Waals surface area contributed by atoms with Gasteiger partial charge in [0.25, 0.3) is 0 Å². The molecular formula is C51H29N3OS2. The highest BCUT2D eigenvalue weighted by Crippen LogP contribution is 2.45. The first-order valence-corrected chi connectivity index (χ1v) is 20.5. The van der Waals surface area contributed by atoms with E-state index in [0.29, 0.717) is 17.5 Å². The lowest BCUT2D eigenvalue weighted by Gasteiger charge is -2.10. The highest BCUT2D eigenvalue weighted by molar-refractivity contribution is 7.26. The lowest BCUT2D eigenvalue weighted by Crippen LogP contribution is -1.99. The Balaban J connectivity index is 0.993. The summed E-state index contributed by atoms with van der Waals surface area (Å²) in [5, 5.41) is 7.34. The molecule has 12 aromatic rings. The van der Waals surface area contributed by atoms with Crippen LogP contribution in [0.25, 0.3) is 119 Å². The average Bonchev–Trinajstić information content (AvgIpc) is 3.97. The molecule has 0 saturated heterocycles. The smallest absolute Gasteiger partial charge is 0.164 e. The summed E-state index contributed by atoms with van der Waals surface area (Å²) in [6, 6.07) is 62.2. The summed E-state index contributed by atoms with van der Waals surface area (Å²) in [6.45, 7) is 0. The number of fused-ring (bicyclic) bond motifs is 9. The molecule has 4 heterocycles. The largest absolute Gasteiger partial charge is 0.456 e. The summed E-state index contributed by atoms with van der Waals surface area (Å²) in [6.07, 6.45) is 0. The van der Waals surface area contributed by atoms with Crippen LogP contribution in [0, 0.1) is 0 Å². The molecule has 266 valence electrons.